The normalized spacial score (nSPS) is 18.1. The first-order valence-corrected chi connectivity index (χ1v) is 12.5. The quantitative estimate of drug-likeness (QED) is 0.315. The van der Waals surface area contributed by atoms with E-state index in [-0.39, 0.29) is 11.5 Å². The number of para-hydroxylation sites is 1. The van der Waals surface area contributed by atoms with Crippen molar-refractivity contribution in [2.45, 2.75) is 18.4 Å². The Bertz CT molecular complexity index is 1550. The van der Waals surface area contributed by atoms with Crippen LogP contribution in [0.4, 0.5) is 0 Å². The summed E-state index contributed by atoms with van der Waals surface area (Å²) in [6.45, 7) is 1.26. The largest absolute Gasteiger partial charge is 0.496 e. The van der Waals surface area contributed by atoms with E-state index in [9.17, 15) is 9.59 Å². The van der Waals surface area contributed by atoms with Gasteiger partial charge in [0.15, 0.2) is 17.4 Å². The molecule has 0 saturated carbocycles. The van der Waals surface area contributed by atoms with Gasteiger partial charge in [-0.25, -0.2) is 15.0 Å². The van der Waals surface area contributed by atoms with Crippen molar-refractivity contribution in [2.24, 2.45) is 5.92 Å². The number of fused-ring (bicyclic) bond motifs is 2. The minimum absolute atomic E-state index is 0.129. The Morgan fingerprint density at radius 3 is 2.50 bits per heavy atom. The Balaban J connectivity index is 1.49. The second-order valence-corrected chi connectivity index (χ2v) is 9.43. The van der Waals surface area contributed by atoms with Crippen LogP contribution in [0.1, 0.15) is 33.7 Å². The Kier molecular flexibility index (Phi) is 6.00. The Hall–Kier alpha value is -4.37. The highest BCUT2D eigenvalue weighted by molar-refractivity contribution is 6.19. The van der Waals surface area contributed by atoms with E-state index in [4.69, 9.17) is 14.2 Å². The molecule has 1 N–H and O–H groups in total. The molecule has 1 atom stereocenters. The van der Waals surface area contributed by atoms with Crippen molar-refractivity contribution in [3.63, 3.8) is 0 Å². The highest BCUT2D eigenvalue weighted by Gasteiger charge is 2.54. The number of carbonyl (C=O) groups is 2. The molecule has 9 nitrogen and oxygen atoms in total. The second kappa shape index (κ2) is 9.50. The molecule has 9 heteroatoms. The van der Waals surface area contributed by atoms with Gasteiger partial charge in [-0.1, -0.05) is 6.07 Å². The van der Waals surface area contributed by atoms with Crippen LogP contribution < -0.4 is 19.5 Å². The third-order valence-electron chi connectivity index (χ3n) is 7.34. The number of ether oxygens (including phenoxy) is 3. The summed E-state index contributed by atoms with van der Waals surface area (Å²) in [5.41, 5.74) is 0.642. The number of hydrogen-bond acceptors (Lipinski definition) is 9. The molecule has 6 rings (SSSR count). The number of Topliss-reactive ketones (excluding diaryl/α,β-unsaturated/α-hetero) is 2. The van der Waals surface area contributed by atoms with Crippen LogP contribution in [-0.2, 0) is 0 Å². The summed E-state index contributed by atoms with van der Waals surface area (Å²) in [6, 6.07) is 14.1. The number of pyridine rings is 1. The summed E-state index contributed by atoms with van der Waals surface area (Å²) < 4.78 is 17.7. The van der Waals surface area contributed by atoms with Gasteiger partial charge in [0.2, 0.25) is 0 Å². The molecule has 0 bridgehead atoms. The molecule has 4 aromatic rings. The van der Waals surface area contributed by atoms with Crippen LogP contribution in [0.5, 0.6) is 17.2 Å². The van der Waals surface area contributed by atoms with Gasteiger partial charge in [-0.05, 0) is 49.5 Å². The average Bonchev–Trinajstić information content (AvgIpc) is 2.97. The van der Waals surface area contributed by atoms with Crippen LogP contribution in [0.2, 0.25) is 0 Å². The standard InChI is InChI=1S/C29H26N4O5/c1-36-22-6-3-5-18-23(37-2)16-20(33-25(18)22)27(35)24-26(34)19-15-17(28-31-11-4-12-32-28)7-8-21(19)38-29(24)9-13-30-14-10-29/h3-8,11-12,15-16,24,30H,9-10,13-14H2,1-2H3/t24-/m1/s1. The lowest BCUT2D eigenvalue weighted by Crippen LogP contribution is -2.58. The number of carbonyl (C=O) groups excluding carboxylic acids is 2. The second-order valence-electron chi connectivity index (χ2n) is 9.43. The fourth-order valence-electron chi connectivity index (χ4n) is 5.47. The number of rotatable bonds is 5. The van der Waals surface area contributed by atoms with Gasteiger partial charge in [0.25, 0.3) is 0 Å². The lowest BCUT2D eigenvalue weighted by molar-refractivity contribution is -0.0139. The topological polar surface area (TPSA) is 113 Å². The molecule has 0 amide bonds. The van der Waals surface area contributed by atoms with Gasteiger partial charge >= 0.3 is 0 Å². The molecule has 0 aliphatic carbocycles. The highest BCUT2D eigenvalue weighted by atomic mass is 16.5. The zero-order valence-corrected chi connectivity index (χ0v) is 21.1. The summed E-state index contributed by atoms with van der Waals surface area (Å²) >= 11 is 0. The zero-order chi connectivity index (χ0) is 26.3. The molecule has 2 aliphatic rings. The number of methoxy groups -OCH3 is 2. The van der Waals surface area contributed by atoms with Crippen LogP contribution in [0.3, 0.4) is 0 Å². The molecule has 1 saturated heterocycles. The van der Waals surface area contributed by atoms with E-state index >= 15 is 0 Å². The monoisotopic (exact) mass is 510 g/mol. The molecule has 4 heterocycles. The van der Waals surface area contributed by atoms with Gasteiger partial charge in [-0.2, -0.15) is 0 Å². The number of piperidine rings is 1. The Morgan fingerprint density at radius 2 is 1.76 bits per heavy atom. The maximum atomic E-state index is 14.3. The van der Waals surface area contributed by atoms with Crippen molar-refractivity contribution in [3.05, 3.63) is 72.2 Å². The van der Waals surface area contributed by atoms with Crippen LogP contribution in [0.15, 0.2) is 60.9 Å². The Labute approximate surface area is 219 Å². The summed E-state index contributed by atoms with van der Waals surface area (Å²) in [5.74, 6) is 0.161. The molecule has 2 aromatic carbocycles. The number of nitrogens with zero attached hydrogens (tertiary/aromatic N) is 3. The van der Waals surface area contributed by atoms with E-state index in [1.54, 1.807) is 49.8 Å². The molecular formula is C29H26N4O5. The maximum absolute atomic E-state index is 14.3. The fourth-order valence-corrected chi connectivity index (χ4v) is 5.47. The van der Waals surface area contributed by atoms with Gasteiger partial charge in [-0.15, -0.1) is 0 Å². The molecule has 0 radical (unpaired) electrons. The van der Waals surface area contributed by atoms with Crippen LogP contribution >= 0.6 is 0 Å². The summed E-state index contributed by atoms with van der Waals surface area (Å²) in [6.07, 6.45) is 4.30. The van der Waals surface area contributed by atoms with E-state index in [1.807, 2.05) is 18.2 Å². The minimum Gasteiger partial charge on any atom is -0.496 e. The van der Waals surface area contributed by atoms with Crippen LogP contribution in [0.25, 0.3) is 22.3 Å². The number of benzene rings is 2. The van der Waals surface area contributed by atoms with E-state index < -0.39 is 17.3 Å². The third kappa shape index (κ3) is 3.86. The van der Waals surface area contributed by atoms with Crippen molar-refractivity contribution in [3.8, 4) is 28.6 Å². The van der Waals surface area contributed by atoms with Crippen molar-refractivity contribution in [1.82, 2.24) is 20.3 Å². The number of ketones is 2. The minimum atomic E-state index is -1.08. The molecule has 192 valence electrons. The number of hydrogen-bond donors (Lipinski definition) is 1. The maximum Gasteiger partial charge on any atom is 0.196 e. The number of aromatic nitrogens is 3. The van der Waals surface area contributed by atoms with Crippen molar-refractivity contribution in [2.75, 3.05) is 27.3 Å². The molecule has 1 fully saturated rings. The van der Waals surface area contributed by atoms with E-state index in [0.29, 0.717) is 71.0 Å². The molecule has 0 unspecified atom stereocenters. The highest BCUT2D eigenvalue weighted by Crippen LogP contribution is 2.44. The van der Waals surface area contributed by atoms with Crippen molar-refractivity contribution in [1.29, 1.82) is 0 Å². The van der Waals surface area contributed by atoms with Gasteiger partial charge < -0.3 is 19.5 Å². The molecule has 1 spiro atoms. The molecule has 2 aromatic heterocycles. The fraction of sp³-hybridized carbons (Fsp3) is 0.276. The van der Waals surface area contributed by atoms with Gasteiger partial charge in [0.1, 0.15) is 40.0 Å². The van der Waals surface area contributed by atoms with Gasteiger partial charge in [0, 0.05) is 42.3 Å². The predicted octanol–water partition coefficient (Wildman–Crippen LogP) is 3.91. The first kappa shape index (κ1) is 24.0. The predicted molar refractivity (Wildman–Crippen MR) is 140 cm³/mol. The van der Waals surface area contributed by atoms with Crippen LogP contribution in [-0.4, -0.2) is 59.4 Å². The lowest BCUT2D eigenvalue weighted by atomic mass is 9.71. The average molecular weight is 511 g/mol. The first-order chi connectivity index (χ1) is 18.5. The van der Waals surface area contributed by atoms with Gasteiger partial charge in [-0.3, -0.25) is 9.59 Å². The molecule has 2 aliphatic heterocycles. The third-order valence-corrected chi connectivity index (χ3v) is 7.34. The summed E-state index contributed by atoms with van der Waals surface area (Å²) in [7, 11) is 3.08. The first-order valence-electron chi connectivity index (χ1n) is 12.5. The smallest absolute Gasteiger partial charge is 0.196 e. The number of nitrogens with one attached hydrogen (secondary N) is 1. The van der Waals surface area contributed by atoms with Crippen molar-refractivity contribution < 1.29 is 23.8 Å². The van der Waals surface area contributed by atoms with Gasteiger partial charge in [0.05, 0.1) is 19.8 Å². The lowest BCUT2D eigenvalue weighted by Gasteiger charge is -2.45. The Morgan fingerprint density at radius 1 is 1.00 bits per heavy atom. The van der Waals surface area contributed by atoms with E-state index in [1.165, 1.54) is 7.11 Å². The molecule has 38 heavy (non-hydrogen) atoms. The summed E-state index contributed by atoms with van der Waals surface area (Å²) in [5, 5.41) is 4.02. The van der Waals surface area contributed by atoms with Crippen molar-refractivity contribution >= 4 is 22.5 Å². The van der Waals surface area contributed by atoms with E-state index in [0.717, 1.165) is 0 Å². The SMILES string of the molecule is COc1cc(C(=O)[C@H]2C(=O)c3cc(-c4ncccn4)ccc3OC23CCNCC3)nc2c(OC)cccc12. The molecular weight excluding hydrogens is 484 g/mol. The van der Waals surface area contributed by atoms with E-state index in [2.05, 4.69) is 20.3 Å². The zero-order valence-electron chi connectivity index (χ0n) is 21.1. The van der Waals surface area contributed by atoms with Crippen LogP contribution in [0, 0.1) is 5.92 Å². The summed E-state index contributed by atoms with van der Waals surface area (Å²) in [4.78, 5) is 41.7.